The van der Waals surface area contributed by atoms with Gasteiger partial charge >= 0.3 is 0 Å². The van der Waals surface area contributed by atoms with Crippen molar-refractivity contribution in [2.24, 2.45) is 0 Å². The van der Waals surface area contributed by atoms with Crippen molar-refractivity contribution in [1.29, 1.82) is 0 Å². The van der Waals surface area contributed by atoms with Crippen molar-refractivity contribution in [3.8, 4) is 33.6 Å². The Labute approximate surface area is 352 Å². The van der Waals surface area contributed by atoms with E-state index in [-0.39, 0.29) is 5.92 Å². The van der Waals surface area contributed by atoms with E-state index >= 15 is 0 Å². The molecule has 12 rings (SSSR count). The van der Waals surface area contributed by atoms with Gasteiger partial charge in [0.1, 0.15) is 0 Å². The minimum atomic E-state index is 0.228. The molecule has 0 aliphatic rings. The van der Waals surface area contributed by atoms with Crippen LogP contribution in [0.25, 0.3) is 97.2 Å². The lowest BCUT2D eigenvalue weighted by atomic mass is 9.85. The fourth-order valence-corrected chi connectivity index (χ4v) is 11.0. The van der Waals surface area contributed by atoms with Gasteiger partial charge in [-0.05, 0) is 111 Å². The summed E-state index contributed by atoms with van der Waals surface area (Å²) >= 11 is 1.89. The van der Waals surface area contributed by atoms with Gasteiger partial charge in [0.15, 0.2) is 0 Å². The van der Waals surface area contributed by atoms with Crippen LogP contribution >= 0.6 is 11.3 Å². The molecule has 1 atom stereocenters. The number of rotatable bonds is 6. The van der Waals surface area contributed by atoms with E-state index in [2.05, 4.69) is 223 Å². The first kappa shape index (κ1) is 34.8. The second-order valence-electron chi connectivity index (χ2n) is 16.2. The molecule has 0 fully saturated rings. The molecule has 0 radical (unpaired) electrons. The molecular weight excluding hydrogens is 745 g/mol. The summed E-state index contributed by atoms with van der Waals surface area (Å²) < 4.78 is 7.49. The molecule has 12 aromatic rings. The predicted octanol–water partition coefficient (Wildman–Crippen LogP) is 16.0. The maximum Gasteiger partial charge on any atom is 0.0628 e. The number of hydrogen-bond acceptors (Lipinski definition) is 1. The Bertz CT molecular complexity index is 3640. The largest absolute Gasteiger partial charge is 0.316 e. The number of hydrogen-bond donors (Lipinski definition) is 0. The first-order valence-electron chi connectivity index (χ1n) is 20.8. The summed E-state index contributed by atoms with van der Waals surface area (Å²) in [7, 11) is 0. The zero-order chi connectivity index (χ0) is 39.9. The van der Waals surface area contributed by atoms with Crippen molar-refractivity contribution in [3.63, 3.8) is 0 Å². The second-order valence-corrected chi connectivity index (χ2v) is 17.2. The Morgan fingerprint density at radius 1 is 0.433 bits per heavy atom. The smallest absolute Gasteiger partial charge is 0.0628 e. The highest BCUT2D eigenvalue weighted by Gasteiger charge is 2.21. The van der Waals surface area contributed by atoms with Gasteiger partial charge in [-0.1, -0.05) is 146 Å². The number of fused-ring (bicyclic) bond motifs is 10. The maximum atomic E-state index is 2.45. The van der Waals surface area contributed by atoms with Gasteiger partial charge in [0.2, 0.25) is 0 Å². The van der Waals surface area contributed by atoms with Gasteiger partial charge in [-0.3, -0.25) is 0 Å². The van der Waals surface area contributed by atoms with Crippen LogP contribution in [0.2, 0.25) is 0 Å². The molecule has 3 aromatic heterocycles. The van der Waals surface area contributed by atoms with E-state index in [1.54, 1.807) is 0 Å². The summed E-state index contributed by atoms with van der Waals surface area (Å²) in [6.45, 7) is 4.56. The monoisotopic (exact) mass is 784 g/mol. The molecule has 3 heteroatoms. The lowest BCUT2D eigenvalue weighted by Gasteiger charge is -2.20. The van der Waals surface area contributed by atoms with Gasteiger partial charge in [-0.15, -0.1) is 11.3 Å². The van der Waals surface area contributed by atoms with E-state index in [4.69, 9.17) is 0 Å². The molecule has 60 heavy (non-hydrogen) atoms. The van der Waals surface area contributed by atoms with E-state index in [0.717, 1.165) is 11.4 Å². The zero-order valence-corrected chi connectivity index (χ0v) is 34.2. The summed E-state index contributed by atoms with van der Waals surface area (Å²) in [6.07, 6.45) is 4.55. The van der Waals surface area contributed by atoms with E-state index in [1.807, 2.05) is 11.3 Å². The minimum absolute atomic E-state index is 0.228. The summed E-state index contributed by atoms with van der Waals surface area (Å²) in [6, 6.07) is 69.6. The van der Waals surface area contributed by atoms with E-state index < -0.39 is 0 Å². The Morgan fingerprint density at radius 2 is 1.10 bits per heavy atom. The maximum absolute atomic E-state index is 2.45. The number of aryl methyl sites for hydroxylation is 1. The summed E-state index contributed by atoms with van der Waals surface area (Å²) in [5.74, 6) is 0.228. The van der Waals surface area contributed by atoms with Crippen LogP contribution in [0.5, 0.6) is 0 Å². The third kappa shape index (κ3) is 5.40. The van der Waals surface area contributed by atoms with Crippen molar-refractivity contribution >= 4 is 74.9 Å². The summed E-state index contributed by atoms with van der Waals surface area (Å²) in [4.78, 5) is 0. The van der Waals surface area contributed by atoms with Crippen LogP contribution in [0.4, 0.5) is 0 Å². The molecule has 284 valence electrons. The van der Waals surface area contributed by atoms with E-state index in [1.165, 1.54) is 102 Å². The molecule has 0 bridgehead atoms. The Morgan fingerprint density at radius 3 is 1.95 bits per heavy atom. The molecule has 1 unspecified atom stereocenters. The van der Waals surface area contributed by atoms with Crippen LogP contribution in [0.1, 0.15) is 29.5 Å². The van der Waals surface area contributed by atoms with Crippen molar-refractivity contribution in [1.82, 2.24) is 9.13 Å². The second kappa shape index (κ2) is 13.7. The Hall–Kier alpha value is -7.20. The molecule has 0 N–H and O–H groups in total. The molecule has 0 saturated heterocycles. The van der Waals surface area contributed by atoms with Crippen molar-refractivity contribution in [3.05, 3.63) is 217 Å². The minimum Gasteiger partial charge on any atom is -0.316 e. The molecule has 0 aliphatic heterocycles. The average molecular weight is 785 g/mol. The average Bonchev–Trinajstić information content (AvgIpc) is 4.05. The highest BCUT2D eigenvalue weighted by atomic mass is 32.1. The van der Waals surface area contributed by atoms with Crippen LogP contribution in [0.3, 0.4) is 0 Å². The number of nitrogens with zero attached hydrogens (tertiary/aromatic N) is 2. The fourth-order valence-electron chi connectivity index (χ4n) is 9.80. The first-order valence-corrected chi connectivity index (χ1v) is 21.6. The van der Waals surface area contributed by atoms with Crippen LogP contribution < -0.4 is 0 Å². The van der Waals surface area contributed by atoms with Crippen molar-refractivity contribution < 1.29 is 0 Å². The topological polar surface area (TPSA) is 9.86 Å². The molecule has 3 heterocycles. The summed E-state index contributed by atoms with van der Waals surface area (Å²) in [5.41, 5.74) is 13.7. The van der Waals surface area contributed by atoms with Gasteiger partial charge < -0.3 is 9.13 Å². The first-order chi connectivity index (χ1) is 29.6. The van der Waals surface area contributed by atoms with E-state index in [9.17, 15) is 0 Å². The SMILES string of the molecule is Cc1ccccc1-c1cc(-n2ccc3c4cc(-c5cccc6c5sc5ccccc56)ccc4c4c(ccn4-c4ccc5ccccc5c4)c32)ccc1C(C)c1ccccc1. The van der Waals surface area contributed by atoms with Gasteiger partial charge in [0.25, 0.3) is 0 Å². The molecule has 0 saturated carbocycles. The van der Waals surface area contributed by atoms with E-state index in [0.29, 0.717) is 0 Å². The highest BCUT2D eigenvalue weighted by molar-refractivity contribution is 7.26. The van der Waals surface area contributed by atoms with Gasteiger partial charge in [-0.25, -0.2) is 0 Å². The van der Waals surface area contributed by atoms with Gasteiger partial charge in [0.05, 0.1) is 11.0 Å². The normalized spacial score (nSPS) is 12.4. The standard InChI is InChI=1S/C57H40N2S/c1-36-13-6-9-18-44(36)53-35-43(26-28-45(53)37(2)38-14-4-3-5-15-38)59-31-29-49-52-34-41(46-20-12-21-50-47-19-10-11-22-54(47)60-57(46)50)24-27-48(52)55-51(56(49)59)30-32-58(55)42-25-23-39-16-7-8-17-40(39)33-42/h3-35,37H,1-2H3. The Kier molecular flexibility index (Phi) is 7.94. The van der Waals surface area contributed by atoms with Crippen LogP contribution in [-0.2, 0) is 0 Å². The van der Waals surface area contributed by atoms with Gasteiger partial charge in [0, 0.05) is 66.0 Å². The molecule has 0 spiro atoms. The number of thiophene rings is 1. The zero-order valence-electron chi connectivity index (χ0n) is 33.4. The quantitative estimate of drug-likeness (QED) is 0.159. The van der Waals surface area contributed by atoms with Crippen LogP contribution in [0.15, 0.2) is 200 Å². The summed E-state index contributed by atoms with van der Waals surface area (Å²) in [5, 5.41) is 10.1. The molecule has 0 aliphatic carbocycles. The third-order valence-corrected chi connectivity index (χ3v) is 14.1. The lowest BCUT2D eigenvalue weighted by Crippen LogP contribution is -2.02. The molecule has 2 nitrogen and oxygen atoms in total. The Balaban J connectivity index is 1.13. The van der Waals surface area contributed by atoms with Gasteiger partial charge in [-0.2, -0.15) is 0 Å². The lowest BCUT2D eigenvalue weighted by molar-refractivity contribution is 0.922. The molecular formula is C57H40N2S. The highest BCUT2D eigenvalue weighted by Crippen LogP contribution is 2.45. The third-order valence-electron chi connectivity index (χ3n) is 12.8. The number of aromatic nitrogens is 2. The molecule has 0 amide bonds. The predicted molar refractivity (Wildman–Crippen MR) is 258 cm³/mol. The van der Waals surface area contributed by atoms with Crippen molar-refractivity contribution in [2.75, 3.05) is 0 Å². The fraction of sp³-hybridized carbons (Fsp3) is 0.0526. The van der Waals surface area contributed by atoms with Crippen LogP contribution in [-0.4, -0.2) is 9.13 Å². The van der Waals surface area contributed by atoms with Crippen LogP contribution in [0, 0.1) is 6.92 Å². The molecule has 9 aromatic carbocycles. The number of benzene rings is 9. The van der Waals surface area contributed by atoms with Crippen molar-refractivity contribution in [2.45, 2.75) is 19.8 Å².